The molecular formula is C9H10O2. The van der Waals surface area contributed by atoms with Gasteiger partial charge in [-0.3, -0.25) is 4.79 Å². The van der Waals surface area contributed by atoms with Crippen LogP contribution in [0.5, 0.6) is 5.75 Å². The maximum Gasteiger partial charge on any atom is 0.160 e. The van der Waals surface area contributed by atoms with Crippen LogP contribution in [-0.4, -0.2) is 12.4 Å². The van der Waals surface area contributed by atoms with Gasteiger partial charge in [-0.25, -0.2) is 0 Å². The molecule has 1 rings (SSSR count). The van der Waals surface area contributed by atoms with Crippen molar-refractivity contribution in [3.05, 3.63) is 30.3 Å². The molecule has 1 aromatic carbocycles. The van der Waals surface area contributed by atoms with E-state index in [1.165, 1.54) is 0 Å². The van der Waals surface area contributed by atoms with Crippen LogP contribution < -0.4 is 4.74 Å². The molecule has 0 amide bonds. The predicted octanol–water partition coefficient (Wildman–Crippen LogP) is 1.65. The average Bonchev–Trinajstić information content (AvgIpc) is 2.06. The maximum atomic E-state index is 10.2. The van der Waals surface area contributed by atoms with E-state index >= 15 is 0 Å². The van der Waals surface area contributed by atoms with Crippen molar-refractivity contribution in [2.45, 2.75) is 13.0 Å². The number of carbonyl (C=O) groups excluding carboxylic acids is 1. The van der Waals surface area contributed by atoms with E-state index in [9.17, 15) is 4.79 Å². The van der Waals surface area contributed by atoms with Crippen LogP contribution in [0, 0.1) is 0 Å². The second-order valence-electron chi connectivity index (χ2n) is 2.27. The number of para-hydroxylation sites is 1. The number of hydrogen-bond donors (Lipinski definition) is 0. The van der Waals surface area contributed by atoms with Crippen LogP contribution in [0.25, 0.3) is 0 Å². The van der Waals surface area contributed by atoms with E-state index < -0.39 is 0 Å². The highest BCUT2D eigenvalue weighted by molar-refractivity contribution is 5.55. The minimum Gasteiger partial charge on any atom is -0.483 e. The molecule has 1 aromatic rings. The van der Waals surface area contributed by atoms with E-state index in [2.05, 4.69) is 0 Å². The fourth-order valence-electron chi connectivity index (χ4n) is 0.741. The first-order chi connectivity index (χ1) is 5.33. The molecule has 0 saturated carbocycles. The lowest BCUT2D eigenvalue weighted by molar-refractivity contribution is -0.113. The number of benzene rings is 1. The standard InChI is InChI=1S/C9H10O2/c1-8(7-10)11-9-5-3-2-4-6-9/h2-8H,1H3/t8-/m1/s1. The third kappa shape index (κ3) is 2.42. The molecule has 1 atom stereocenters. The molecule has 2 heteroatoms. The number of ether oxygens (including phenoxy) is 1. The molecule has 0 unspecified atom stereocenters. The summed E-state index contributed by atoms with van der Waals surface area (Å²) in [7, 11) is 0. The molecule has 0 saturated heterocycles. The minimum atomic E-state index is -0.364. The molecule has 0 N–H and O–H groups in total. The summed E-state index contributed by atoms with van der Waals surface area (Å²) >= 11 is 0. The Morgan fingerprint density at radius 2 is 2.00 bits per heavy atom. The van der Waals surface area contributed by atoms with Crippen molar-refractivity contribution in [1.82, 2.24) is 0 Å². The number of hydrogen-bond acceptors (Lipinski definition) is 2. The van der Waals surface area contributed by atoms with Crippen molar-refractivity contribution < 1.29 is 9.53 Å². The lowest BCUT2D eigenvalue weighted by Crippen LogP contribution is -2.12. The van der Waals surface area contributed by atoms with Crippen LogP contribution in [-0.2, 0) is 4.79 Å². The normalized spacial score (nSPS) is 12.1. The van der Waals surface area contributed by atoms with Gasteiger partial charge in [-0.1, -0.05) is 18.2 Å². The fourth-order valence-corrected chi connectivity index (χ4v) is 0.741. The zero-order valence-corrected chi connectivity index (χ0v) is 6.36. The van der Waals surface area contributed by atoms with Crippen LogP contribution in [0.15, 0.2) is 30.3 Å². The third-order valence-corrected chi connectivity index (χ3v) is 1.26. The Morgan fingerprint density at radius 1 is 1.36 bits per heavy atom. The van der Waals surface area contributed by atoms with E-state index in [0.29, 0.717) is 0 Å². The molecule has 0 aliphatic heterocycles. The first-order valence-electron chi connectivity index (χ1n) is 3.50. The number of aldehydes is 1. The summed E-state index contributed by atoms with van der Waals surface area (Å²) in [6.45, 7) is 1.71. The monoisotopic (exact) mass is 150 g/mol. The molecular weight excluding hydrogens is 140 g/mol. The van der Waals surface area contributed by atoms with Crippen molar-refractivity contribution in [2.24, 2.45) is 0 Å². The maximum absolute atomic E-state index is 10.2. The van der Waals surface area contributed by atoms with E-state index in [4.69, 9.17) is 4.74 Å². The Kier molecular flexibility index (Phi) is 2.66. The van der Waals surface area contributed by atoms with E-state index in [1.54, 1.807) is 6.92 Å². The molecule has 0 radical (unpaired) electrons. The van der Waals surface area contributed by atoms with Crippen LogP contribution >= 0.6 is 0 Å². The summed E-state index contributed by atoms with van der Waals surface area (Å²) in [6, 6.07) is 9.28. The number of carbonyl (C=O) groups is 1. The highest BCUT2D eigenvalue weighted by Crippen LogP contribution is 2.09. The van der Waals surface area contributed by atoms with E-state index in [1.807, 2.05) is 30.3 Å². The van der Waals surface area contributed by atoms with E-state index in [-0.39, 0.29) is 6.10 Å². The zero-order chi connectivity index (χ0) is 8.10. The Balaban J connectivity index is 2.57. The van der Waals surface area contributed by atoms with Crippen molar-refractivity contribution in [3.8, 4) is 5.75 Å². The minimum absolute atomic E-state index is 0.364. The molecule has 2 nitrogen and oxygen atoms in total. The lowest BCUT2D eigenvalue weighted by Gasteiger charge is -2.06. The Morgan fingerprint density at radius 3 is 2.55 bits per heavy atom. The first-order valence-corrected chi connectivity index (χ1v) is 3.50. The summed E-state index contributed by atoms with van der Waals surface area (Å²) in [6.07, 6.45) is 0.407. The lowest BCUT2D eigenvalue weighted by atomic mass is 10.3. The highest BCUT2D eigenvalue weighted by atomic mass is 16.5. The average molecular weight is 150 g/mol. The molecule has 0 aromatic heterocycles. The van der Waals surface area contributed by atoms with Crippen molar-refractivity contribution in [2.75, 3.05) is 0 Å². The summed E-state index contributed by atoms with van der Waals surface area (Å²) in [5.74, 6) is 0.729. The molecule has 0 spiro atoms. The van der Waals surface area contributed by atoms with Gasteiger partial charge in [-0.05, 0) is 19.1 Å². The predicted molar refractivity (Wildman–Crippen MR) is 42.6 cm³/mol. The van der Waals surface area contributed by atoms with Crippen LogP contribution in [0.2, 0.25) is 0 Å². The smallest absolute Gasteiger partial charge is 0.160 e. The molecule has 58 valence electrons. The number of rotatable bonds is 3. The third-order valence-electron chi connectivity index (χ3n) is 1.26. The summed E-state index contributed by atoms with van der Waals surface area (Å²) in [5.41, 5.74) is 0. The Labute approximate surface area is 65.8 Å². The van der Waals surface area contributed by atoms with Gasteiger partial charge in [0.15, 0.2) is 12.4 Å². The zero-order valence-electron chi connectivity index (χ0n) is 6.36. The van der Waals surface area contributed by atoms with Crippen LogP contribution in [0.3, 0.4) is 0 Å². The van der Waals surface area contributed by atoms with Gasteiger partial charge in [0.25, 0.3) is 0 Å². The van der Waals surface area contributed by atoms with Gasteiger partial charge in [-0.15, -0.1) is 0 Å². The Bertz CT molecular complexity index is 218. The van der Waals surface area contributed by atoms with Crippen LogP contribution in [0.4, 0.5) is 0 Å². The van der Waals surface area contributed by atoms with Gasteiger partial charge >= 0.3 is 0 Å². The van der Waals surface area contributed by atoms with Gasteiger partial charge < -0.3 is 4.74 Å². The van der Waals surface area contributed by atoms with Crippen molar-refractivity contribution in [3.63, 3.8) is 0 Å². The van der Waals surface area contributed by atoms with Gasteiger partial charge in [-0.2, -0.15) is 0 Å². The summed E-state index contributed by atoms with van der Waals surface area (Å²) in [4.78, 5) is 10.2. The second kappa shape index (κ2) is 3.76. The molecule has 0 fully saturated rings. The van der Waals surface area contributed by atoms with E-state index in [0.717, 1.165) is 12.0 Å². The summed E-state index contributed by atoms with van der Waals surface area (Å²) in [5, 5.41) is 0. The SMILES string of the molecule is C[C@H](C=O)Oc1ccccc1. The van der Waals surface area contributed by atoms with Gasteiger partial charge in [0.05, 0.1) is 0 Å². The van der Waals surface area contributed by atoms with Crippen molar-refractivity contribution in [1.29, 1.82) is 0 Å². The second-order valence-corrected chi connectivity index (χ2v) is 2.27. The molecule has 0 bridgehead atoms. The molecule has 0 aliphatic carbocycles. The van der Waals surface area contributed by atoms with Gasteiger partial charge in [0.2, 0.25) is 0 Å². The summed E-state index contributed by atoms with van der Waals surface area (Å²) < 4.78 is 5.20. The molecule has 0 aliphatic rings. The topological polar surface area (TPSA) is 26.3 Å². The van der Waals surface area contributed by atoms with Crippen LogP contribution in [0.1, 0.15) is 6.92 Å². The largest absolute Gasteiger partial charge is 0.483 e. The fraction of sp³-hybridized carbons (Fsp3) is 0.222. The highest BCUT2D eigenvalue weighted by Gasteiger charge is 1.98. The van der Waals surface area contributed by atoms with Gasteiger partial charge in [0.1, 0.15) is 5.75 Å². The quantitative estimate of drug-likeness (QED) is 0.612. The van der Waals surface area contributed by atoms with Crippen molar-refractivity contribution >= 4 is 6.29 Å². The molecule has 0 heterocycles. The molecule has 11 heavy (non-hydrogen) atoms. The first kappa shape index (κ1) is 7.79. The Hall–Kier alpha value is -1.31. The van der Waals surface area contributed by atoms with Gasteiger partial charge in [0, 0.05) is 0 Å².